The number of rotatable bonds is 3. The van der Waals surface area contributed by atoms with Crippen LogP contribution in [0, 0.1) is 5.82 Å². The SMILES string of the molecule is O=C(NCc1ccc(C(F)(F)F)cc1F)[C@@H]1NCCc2[nH]cnc21. The zero-order valence-corrected chi connectivity index (χ0v) is 12.4. The Bertz CT molecular complexity index is 756. The lowest BCUT2D eigenvalue weighted by Gasteiger charge is -2.22. The molecule has 24 heavy (non-hydrogen) atoms. The number of nitrogens with zero attached hydrogens (tertiary/aromatic N) is 1. The van der Waals surface area contributed by atoms with Gasteiger partial charge in [-0.15, -0.1) is 0 Å². The van der Waals surface area contributed by atoms with Gasteiger partial charge in [0.15, 0.2) is 0 Å². The molecule has 3 N–H and O–H groups in total. The highest BCUT2D eigenvalue weighted by Crippen LogP contribution is 2.30. The molecule has 0 fully saturated rings. The van der Waals surface area contributed by atoms with Crippen molar-refractivity contribution in [1.82, 2.24) is 20.6 Å². The minimum Gasteiger partial charge on any atom is -0.350 e. The summed E-state index contributed by atoms with van der Waals surface area (Å²) >= 11 is 0. The Morgan fingerprint density at radius 2 is 2.17 bits per heavy atom. The van der Waals surface area contributed by atoms with Gasteiger partial charge in [-0.2, -0.15) is 13.2 Å². The lowest BCUT2D eigenvalue weighted by Crippen LogP contribution is -2.41. The van der Waals surface area contributed by atoms with E-state index >= 15 is 0 Å². The van der Waals surface area contributed by atoms with Crippen LogP contribution in [0.2, 0.25) is 0 Å². The number of H-pyrrole nitrogens is 1. The smallest absolute Gasteiger partial charge is 0.350 e. The summed E-state index contributed by atoms with van der Waals surface area (Å²) in [7, 11) is 0. The summed E-state index contributed by atoms with van der Waals surface area (Å²) in [4.78, 5) is 19.3. The summed E-state index contributed by atoms with van der Waals surface area (Å²) in [5.74, 6) is -1.43. The highest BCUT2D eigenvalue weighted by Gasteiger charge is 2.31. The molecule has 0 saturated heterocycles. The highest BCUT2D eigenvalue weighted by molar-refractivity contribution is 5.83. The Kier molecular flexibility index (Phi) is 4.27. The van der Waals surface area contributed by atoms with Gasteiger partial charge in [0.05, 0.1) is 17.6 Å². The predicted octanol–water partition coefficient (Wildman–Crippen LogP) is 2.07. The van der Waals surface area contributed by atoms with Crippen LogP contribution >= 0.6 is 0 Å². The van der Waals surface area contributed by atoms with E-state index in [4.69, 9.17) is 0 Å². The second kappa shape index (κ2) is 6.23. The molecule has 1 aliphatic heterocycles. The van der Waals surface area contributed by atoms with E-state index < -0.39 is 29.5 Å². The van der Waals surface area contributed by atoms with E-state index in [1.54, 1.807) is 0 Å². The molecule has 0 spiro atoms. The molecule has 2 heterocycles. The lowest BCUT2D eigenvalue weighted by atomic mass is 10.0. The maximum atomic E-state index is 13.8. The van der Waals surface area contributed by atoms with E-state index in [-0.39, 0.29) is 12.1 Å². The minimum absolute atomic E-state index is 0.0191. The second-order valence-corrected chi connectivity index (χ2v) is 5.43. The van der Waals surface area contributed by atoms with Crippen molar-refractivity contribution in [1.29, 1.82) is 0 Å². The van der Waals surface area contributed by atoms with Crippen LogP contribution in [0.15, 0.2) is 24.5 Å². The van der Waals surface area contributed by atoms with E-state index in [0.717, 1.165) is 17.8 Å². The number of hydrogen-bond acceptors (Lipinski definition) is 3. The van der Waals surface area contributed by atoms with E-state index in [1.807, 2.05) is 0 Å². The quantitative estimate of drug-likeness (QED) is 0.748. The van der Waals surface area contributed by atoms with E-state index in [9.17, 15) is 22.4 Å². The highest BCUT2D eigenvalue weighted by atomic mass is 19.4. The standard InChI is InChI=1S/C15H14F4N4O/c16-10-5-9(15(17,18)19)2-1-8(10)6-21-14(24)13-12-11(3-4-20-13)22-7-23-12/h1-2,5,7,13,20H,3-4,6H2,(H,21,24)(H,22,23)/t13-/m1/s1. The van der Waals surface area contributed by atoms with Crippen LogP contribution in [0.4, 0.5) is 17.6 Å². The van der Waals surface area contributed by atoms with Gasteiger partial charge in [-0.25, -0.2) is 9.37 Å². The molecule has 1 aliphatic rings. The van der Waals surface area contributed by atoms with Gasteiger partial charge in [-0.1, -0.05) is 6.07 Å². The minimum atomic E-state index is -4.61. The predicted molar refractivity (Wildman–Crippen MR) is 76.3 cm³/mol. The molecule has 1 atom stereocenters. The van der Waals surface area contributed by atoms with Crippen molar-refractivity contribution in [3.05, 3.63) is 52.9 Å². The number of fused-ring (bicyclic) bond motifs is 1. The van der Waals surface area contributed by atoms with Gasteiger partial charge in [-0.05, 0) is 12.1 Å². The third kappa shape index (κ3) is 3.25. The van der Waals surface area contributed by atoms with Gasteiger partial charge in [0, 0.05) is 30.8 Å². The van der Waals surface area contributed by atoms with Crippen LogP contribution in [0.25, 0.3) is 0 Å². The van der Waals surface area contributed by atoms with Gasteiger partial charge in [-0.3, -0.25) is 4.79 Å². The van der Waals surface area contributed by atoms with Crippen LogP contribution in [-0.4, -0.2) is 22.4 Å². The van der Waals surface area contributed by atoms with E-state index in [2.05, 4.69) is 20.6 Å². The average molecular weight is 342 g/mol. The molecule has 1 aromatic heterocycles. The number of carbonyl (C=O) groups is 1. The first-order chi connectivity index (χ1) is 11.4. The van der Waals surface area contributed by atoms with Gasteiger partial charge in [0.25, 0.3) is 0 Å². The number of alkyl halides is 3. The number of amides is 1. The molecule has 9 heteroatoms. The molecule has 0 radical (unpaired) electrons. The Morgan fingerprint density at radius 1 is 1.38 bits per heavy atom. The van der Waals surface area contributed by atoms with Crippen molar-refractivity contribution < 1.29 is 22.4 Å². The van der Waals surface area contributed by atoms with Gasteiger partial charge < -0.3 is 15.6 Å². The van der Waals surface area contributed by atoms with Crippen LogP contribution in [0.3, 0.4) is 0 Å². The molecule has 0 unspecified atom stereocenters. The summed E-state index contributed by atoms with van der Waals surface area (Å²) in [6.45, 7) is 0.378. The summed E-state index contributed by atoms with van der Waals surface area (Å²) in [5.41, 5.74) is 0.348. The number of aromatic amines is 1. The zero-order chi connectivity index (χ0) is 17.3. The Morgan fingerprint density at radius 3 is 2.88 bits per heavy atom. The van der Waals surface area contributed by atoms with Gasteiger partial charge in [0.1, 0.15) is 11.9 Å². The molecule has 1 amide bonds. The molecule has 1 aromatic carbocycles. The number of benzene rings is 1. The van der Waals surface area contributed by atoms with Crippen LogP contribution in [0.1, 0.15) is 28.6 Å². The molecular formula is C15H14F4N4O. The third-order valence-electron chi connectivity index (χ3n) is 3.84. The number of imidazole rings is 1. The Hall–Kier alpha value is -2.42. The number of nitrogens with one attached hydrogen (secondary N) is 3. The molecule has 0 bridgehead atoms. The van der Waals surface area contributed by atoms with Gasteiger partial charge >= 0.3 is 6.18 Å². The van der Waals surface area contributed by atoms with Crippen molar-refractivity contribution >= 4 is 5.91 Å². The van der Waals surface area contributed by atoms with Gasteiger partial charge in [0.2, 0.25) is 5.91 Å². The lowest BCUT2D eigenvalue weighted by molar-refractivity contribution is -0.137. The molecule has 128 valence electrons. The molecule has 0 aliphatic carbocycles. The number of hydrogen-bond donors (Lipinski definition) is 3. The van der Waals surface area contributed by atoms with E-state index in [1.165, 1.54) is 6.33 Å². The van der Waals surface area contributed by atoms with Crippen molar-refractivity contribution in [2.45, 2.75) is 25.2 Å². The molecule has 2 aromatic rings. The van der Waals surface area contributed by atoms with Crippen LogP contribution in [-0.2, 0) is 23.9 Å². The molecular weight excluding hydrogens is 328 g/mol. The first-order valence-electron chi connectivity index (χ1n) is 7.25. The largest absolute Gasteiger partial charge is 0.416 e. The molecule has 3 rings (SSSR count). The maximum Gasteiger partial charge on any atom is 0.416 e. The second-order valence-electron chi connectivity index (χ2n) is 5.43. The maximum absolute atomic E-state index is 13.8. The van der Waals surface area contributed by atoms with Crippen molar-refractivity contribution in [3.8, 4) is 0 Å². The third-order valence-corrected chi connectivity index (χ3v) is 3.84. The summed E-state index contributed by atoms with van der Waals surface area (Å²) in [6.07, 6.45) is -2.40. The Balaban J connectivity index is 1.68. The summed E-state index contributed by atoms with van der Waals surface area (Å²) in [5, 5.41) is 5.53. The number of aromatic nitrogens is 2. The fraction of sp³-hybridized carbons (Fsp3) is 0.333. The summed E-state index contributed by atoms with van der Waals surface area (Å²) in [6, 6.07) is 1.56. The number of carbonyl (C=O) groups excluding carboxylic acids is 1. The first kappa shape index (κ1) is 16.4. The fourth-order valence-electron chi connectivity index (χ4n) is 2.59. The fourth-order valence-corrected chi connectivity index (χ4v) is 2.59. The number of halogens is 4. The normalized spacial score (nSPS) is 17.4. The van der Waals surface area contributed by atoms with Crippen LogP contribution in [0.5, 0.6) is 0 Å². The molecule has 0 saturated carbocycles. The summed E-state index contributed by atoms with van der Waals surface area (Å²) < 4.78 is 51.3. The average Bonchev–Trinajstić information content (AvgIpc) is 3.00. The van der Waals surface area contributed by atoms with Crippen molar-refractivity contribution in [3.63, 3.8) is 0 Å². The zero-order valence-electron chi connectivity index (χ0n) is 12.4. The monoisotopic (exact) mass is 342 g/mol. The van der Waals surface area contributed by atoms with E-state index in [0.29, 0.717) is 24.7 Å². The Labute approximate surface area is 134 Å². The van der Waals surface area contributed by atoms with Crippen molar-refractivity contribution in [2.75, 3.05) is 6.54 Å². The molecule has 5 nitrogen and oxygen atoms in total. The first-order valence-corrected chi connectivity index (χ1v) is 7.25. The van der Waals surface area contributed by atoms with Crippen molar-refractivity contribution in [2.24, 2.45) is 0 Å². The van der Waals surface area contributed by atoms with Crippen LogP contribution < -0.4 is 10.6 Å². The topological polar surface area (TPSA) is 69.8 Å².